The van der Waals surface area contributed by atoms with Crippen molar-refractivity contribution in [3.8, 4) is 11.5 Å². The first-order chi connectivity index (χ1) is 11.9. The molecule has 0 unspecified atom stereocenters. The number of nitrogens with two attached hydrogens (primary N) is 1. The molecule has 2 rings (SSSR count). The van der Waals surface area contributed by atoms with Gasteiger partial charge in [0.05, 0.1) is 13.2 Å². The van der Waals surface area contributed by atoms with Gasteiger partial charge < -0.3 is 20.5 Å². The van der Waals surface area contributed by atoms with Gasteiger partial charge in [-0.1, -0.05) is 30.3 Å². The molecule has 0 bridgehead atoms. The quantitative estimate of drug-likeness (QED) is 0.808. The van der Waals surface area contributed by atoms with Crippen LogP contribution in [0.5, 0.6) is 11.5 Å². The van der Waals surface area contributed by atoms with Crippen molar-refractivity contribution in [1.29, 1.82) is 0 Å². The molecule has 6 nitrogen and oxygen atoms in total. The zero-order chi connectivity index (χ0) is 18.4. The lowest BCUT2D eigenvalue weighted by molar-refractivity contribution is -0.120. The van der Waals surface area contributed by atoms with E-state index in [1.807, 2.05) is 19.9 Å². The van der Waals surface area contributed by atoms with Crippen molar-refractivity contribution in [2.24, 2.45) is 5.73 Å². The Labute approximate surface area is 146 Å². The SMILES string of the molecule is COc1cc(C(=O)N[C@H](C(N)=O)c2ccccc2)ccc1OC(C)C. The normalized spacial score (nSPS) is 11.7. The largest absolute Gasteiger partial charge is 0.493 e. The molecule has 0 saturated heterocycles. The lowest BCUT2D eigenvalue weighted by Gasteiger charge is -2.17. The maximum absolute atomic E-state index is 12.5. The highest BCUT2D eigenvalue weighted by molar-refractivity contribution is 5.98. The Balaban J connectivity index is 2.23. The van der Waals surface area contributed by atoms with E-state index >= 15 is 0 Å². The lowest BCUT2D eigenvalue weighted by atomic mass is 10.1. The zero-order valence-corrected chi connectivity index (χ0v) is 14.5. The summed E-state index contributed by atoms with van der Waals surface area (Å²) in [5.41, 5.74) is 6.39. The molecular formula is C19H22N2O4. The number of ether oxygens (including phenoxy) is 2. The summed E-state index contributed by atoms with van der Waals surface area (Å²) in [4.78, 5) is 24.2. The van der Waals surface area contributed by atoms with Crippen LogP contribution in [0.1, 0.15) is 35.8 Å². The second-order valence-corrected chi connectivity index (χ2v) is 5.75. The van der Waals surface area contributed by atoms with Crippen LogP contribution in [0, 0.1) is 0 Å². The highest BCUT2D eigenvalue weighted by atomic mass is 16.5. The molecule has 2 aromatic carbocycles. The number of rotatable bonds is 7. The zero-order valence-electron chi connectivity index (χ0n) is 14.5. The van der Waals surface area contributed by atoms with Gasteiger partial charge >= 0.3 is 0 Å². The molecular weight excluding hydrogens is 320 g/mol. The third-order valence-corrected chi connectivity index (χ3v) is 3.48. The fourth-order valence-corrected chi connectivity index (χ4v) is 2.34. The summed E-state index contributed by atoms with van der Waals surface area (Å²) in [6, 6.07) is 12.8. The molecule has 0 radical (unpaired) electrons. The third kappa shape index (κ3) is 4.73. The predicted molar refractivity (Wildman–Crippen MR) is 94.6 cm³/mol. The summed E-state index contributed by atoms with van der Waals surface area (Å²) in [5, 5.41) is 2.65. The van der Waals surface area contributed by atoms with Crippen molar-refractivity contribution in [2.45, 2.75) is 26.0 Å². The molecule has 25 heavy (non-hydrogen) atoms. The molecule has 132 valence electrons. The summed E-state index contributed by atoms with van der Waals surface area (Å²) in [7, 11) is 1.50. The summed E-state index contributed by atoms with van der Waals surface area (Å²) < 4.78 is 10.9. The van der Waals surface area contributed by atoms with E-state index in [4.69, 9.17) is 15.2 Å². The molecule has 0 fully saturated rings. The molecule has 0 saturated carbocycles. The van der Waals surface area contributed by atoms with Gasteiger partial charge in [-0.25, -0.2) is 0 Å². The van der Waals surface area contributed by atoms with E-state index in [0.29, 0.717) is 22.6 Å². The van der Waals surface area contributed by atoms with Crippen LogP contribution in [0.15, 0.2) is 48.5 Å². The van der Waals surface area contributed by atoms with Crippen LogP contribution < -0.4 is 20.5 Å². The van der Waals surface area contributed by atoms with Crippen molar-refractivity contribution < 1.29 is 19.1 Å². The van der Waals surface area contributed by atoms with Gasteiger partial charge in [-0.15, -0.1) is 0 Å². The third-order valence-electron chi connectivity index (χ3n) is 3.48. The van der Waals surface area contributed by atoms with Crippen LogP contribution in [0.2, 0.25) is 0 Å². The molecule has 0 aliphatic heterocycles. The first-order valence-corrected chi connectivity index (χ1v) is 7.92. The second kappa shape index (κ2) is 8.19. The van der Waals surface area contributed by atoms with Gasteiger partial charge in [-0.05, 0) is 37.6 Å². The fraction of sp³-hybridized carbons (Fsp3) is 0.263. The van der Waals surface area contributed by atoms with E-state index in [9.17, 15) is 9.59 Å². The van der Waals surface area contributed by atoms with Gasteiger partial charge in [0.25, 0.3) is 5.91 Å². The number of methoxy groups -OCH3 is 1. The summed E-state index contributed by atoms with van der Waals surface area (Å²) in [5.74, 6) is -0.0754. The number of hydrogen-bond donors (Lipinski definition) is 2. The minimum absolute atomic E-state index is 0.0223. The maximum atomic E-state index is 12.5. The molecule has 1 atom stereocenters. The number of amides is 2. The van der Waals surface area contributed by atoms with Gasteiger partial charge in [-0.3, -0.25) is 9.59 Å². The lowest BCUT2D eigenvalue weighted by Crippen LogP contribution is -2.37. The molecule has 2 amide bonds. The van der Waals surface area contributed by atoms with E-state index in [2.05, 4.69) is 5.32 Å². The maximum Gasteiger partial charge on any atom is 0.252 e. The topological polar surface area (TPSA) is 90.6 Å². The average molecular weight is 342 g/mol. The molecule has 0 heterocycles. The number of carbonyl (C=O) groups is 2. The number of nitrogens with one attached hydrogen (secondary N) is 1. The summed E-state index contributed by atoms with van der Waals surface area (Å²) >= 11 is 0. The minimum Gasteiger partial charge on any atom is -0.493 e. The van der Waals surface area contributed by atoms with Gasteiger partial charge in [0.2, 0.25) is 5.91 Å². The van der Waals surface area contributed by atoms with Gasteiger partial charge in [0, 0.05) is 5.56 Å². The first kappa shape index (κ1) is 18.3. The predicted octanol–water partition coefficient (Wildman–Crippen LogP) is 2.44. The average Bonchev–Trinajstić information content (AvgIpc) is 2.59. The van der Waals surface area contributed by atoms with Crippen molar-refractivity contribution in [3.05, 3.63) is 59.7 Å². The van der Waals surface area contributed by atoms with Crippen LogP contribution in [0.25, 0.3) is 0 Å². The Bertz CT molecular complexity index is 744. The molecule has 3 N–H and O–H groups in total. The Hall–Kier alpha value is -3.02. The van der Waals surface area contributed by atoms with Crippen molar-refractivity contribution >= 4 is 11.8 Å². The second-order valence-electron chi connectivity index (χ2n) is 5.75. The highest BCUT2D eigenvalue weighted by Crippen LogP contribution is 2.29. The Morgan fingerprint density at radius 3 is 2.28 bits per heavy atom. The Morgan fingerprint density at radius 1 is 1.04 bits per heavy atom. The van der Waals surface area contributed by atoms with Crippen molar-refractivity contribution in [3.63, 3.8) is 0 Å². The Kier molecular flexibility index (Phi) is 6.00. The van der Waals surface area contributed by atoms with Crippen LogP contribution in [-0.2, 0) is 4.79 Å². The molecule has 2 aromatic rings. The van der Waals surface area contributed by atoms with E-state index in [-0.39, 0.29) is 6.10 Å². The van der Waals surface area contributed by atoms with E-state index < -0.39 is 17.9 Å². The van der Waals surface area contributed by atoms with Gasteiger partial charge in [0.15, 0.2) is 11.5 Å². The van der Waals surface area contributed by atoms with Crippen LogP contribution in [0.3, 0.4) is 0 Å². The monoisotopic (exact) mass is 342 g/mol. The first-order valence-electron chi connectivity index (χ1n) is 7.92. The fourth-order valence-electron chi connectivity index (χ4n) is 2.34. The van der Waals surface area contributed by atoms with Crippen molar-refractivity contribution in [2.75, 3.05) is 7.11 Å². The molecule has 0 aliphatic rings. The van der Waals surface area contributed by atoms with Gasteiger partial charge in [0.1, 0.15) is 6.04 Å². The van der Waals surface area contributed by atoms with Crippen LogP contribution >= 0.6 is 0 Å². The molecule has 6 heteroatoms. The number of carbonyl (C=O) groups excluding carboxylic acids is 2. The molecule has 0 aliphatic carbocycles. The van der Waals surface area contributed by atoms with E-state index in [0.717, 1.165) is 0 Å². The number of benzene rings is 2. The highest BCUT2D eigenvalue weighted by Gasteiger charge is 2.21. The van der Waals surface area contributed by atoms with E-state index in [1.165, 1.54) is 7.11 Å². The minimum atomic E-state index is -0.911. The molecule has 0 aromatic heterocycles. The van der Waals surface area contributed by atoms with Crippen LogP contribution in [0.4, 0.5) is 0 Å². The number of hydrogen-bond acceptors (Lipinski definition) is 4. The van der Waals surface area contributed by atoms with Gasteiger partial charge in [-0.2, -0.15) is 0 Å². The standard InChI is InChI=1S/C19H22N2O4/c1-12(2)25-15-10-9-14(11-16(15)24-3)19(23)21-17(18(20)22)13-7-5-4-6-8-13/h4-12,17H,1-3H3,(H2,20,22)(H,21,23)/t17-/m0/s1. The summed E-state index contributed by atoms with van der Waals surface area (Å²) in [6.45, 7) is 3.80. The smallest absolute Gasteiger partial charge is 0.252 e. The van der Waals surface area contributed by atoms with E-state index in [1.54, 1.807) is 42.5 Å². The van der Waals surface area contributed by atoms with Crippen LogP contribution in [-0.4, -0.2) is 25.0 Å². The molecule has 0 spiro atoms. The number of primary amides is 1. The Morgan fingerprint density at radius 2 is 1.72 bits per heavy atom. The summed E-state index contributed by atoms with van der Waals surface area (Å²) in [6.07, 6.45) is -0.0223. The van der Waals surface area contributed by atoms with Crippen molar-refractivity contribution in [1.82, 2.24) is 5.32 Å².